The number of allylic oxidation sites excluding steroid dienone is 1. The van der Waals surface area contributed by atoms with Crippen molar-refractivity contribution in [3.8, 4) is 0 Å². The number of esters is 1. The molecule has 0 aromatic carbocycles. The van der Waals surface area contributed by atoms with Gasteiger partial charge in [-0.25, -0.2) is 0 Å². The summed E-state index contributed by atoms with van der Waals surface area (Å²) in [5, 5.41) is 9.21. The van der Waals surface area contributed by atoms with E-state index in [4.69, 9.17) is 4.74 Å². The molecule has 3 heterocycles. The average molecular weight is 521 g/mol. The van der Waals surface area contributed by atoms with Crippen LogP contribution in [0.4, 0.5) is 0 Å². The van der Waals surface area contributed by atoms with E-state index in [0.717, 1.165) is 57.8 Å². The molecule has 8 heteroatoms. The van der Waals surface area contributed by atoms with Gasteiger partial charge in [-0.15, -0.1) is 24.9 Å². The van der Waals surface area contributed by atoms with Crippen LogP contribution >= 0.6 is 11.8 Å². The molecule has 0 aliphatic carbocycles. The normalized spacial score (nSPS) is 28.3. The van der Waals surface area contributed by atoms with E-state index in [2.05, 4.69) is 20.1 Å². The zero-order valence-corrected chi connectivity index (χ0v) is 22.7. The fourth-order valence-electron chi connectivity index (χ4n) is 6.14. The van der Waals surface area contributed by atoms with Gasteiger partial charge in [-0.05, 0) is 57.8 Å². The predicted octanol–water partition coefficient (Wildman–Crippen LogP) is 3.95. The Morgan fingerprint density at radius 1 is 1.19 bits per heavy atom. The van der Waals surface area contributed by atoms with Gasteiger partial charge in [0.1, 0.15) is 6.04 Å². The van der Waals surface area contributed by atoms with Crippen molar-refractivity contribution in [1.82, 2.24) is 9.80 Å². The lowest BCUT2D eigenvalue weighted by molar-refractivity contribution is -0.154. The molecule has 3 aliphatic heterocycles. The van der Waals surface area contributed by atoms with E-state index in [1.807, 2.05) is 11.0 Å². The third-order valence-corrected chi connectivity index (χ3v) is 9.80. The van der Waals surface area contributed by atoms with Crippen LogP contribution in [0.5, 0.6) is 0 Å². The number of amides is 2. The van der Waals surface area contributed by atoms with Crippen LogP contribution in [0.25, 0.3) is 0 Å². The van der Waals surface area contributed by atoms with Crippen LogP contribution < -0.4 is 0 Å². The quantitative estimate of drug-likeness (QED) is 0.178. The van der Waals surface area contributed by atoms with Crippen LogP contribution in [-0.4, -0.2) is 81.6 Å². The van der Waals surface area contributed by atoms with Crippen LogP contribution in [0.15, 0.2) is 25.3 Å². The highest BCUT2D eigenvalue weighted by molar-refractivity contribution is 8.02. The molecule has 1 N–H and O–H groups in total. The zero-order valence-electron chi connectivity index (χ0n) is 21.9. The van der Waals surface area contributed by atoms with Crippen LogP contribution in [0.1, 0.15) is 71.1 Å². The third-order valence-electron chi connectivity index (χ3n) is 7.85. The first-order valence-corrected chi connectivity index (χ1v) is 14.6. The minimum absolute atomic E-state index is 0.0204. The molecular weight excluding hydrogens is 476 g/mol. The number of likely N-dealkylation sites (tertiary alicyclic amines) is 1. The van der Waals surface area contributed by atoms with Crippen molar-refractivity contribution >= 4 is 29.5 Å². The first kappa shape index (κ1) is 28.8. The molecule has 5 atom stereocenters. The van der Waals surface area contributed by atoms with E-state index >= 15 is 0 Å². The minimum Gasteiger partial charge on any atom is -0.465 e. The fraction of sp³-hybridized carbons (Fsp3) is 0.750. The Morgan fingerprint density at radius 2 is 2.00 bits per heavy atom. The minimum atomic E-state index is -0.575. The Balaban J connectivity index is 1.84. The van der Waals surface area contributed by atoms with Crippen molar-refractivity contribution < 1.29 is 24.2 Å². The largest absolute Gasteiger partial charge is 0.465 e. The summed E-state index contributed by atoms with van der Waals surface area (Å²) in [6.45, 7) is 11.7. The highest BCUT2D eigenvalue weighted by Crippen LogP contribution is 2.66. The van der Waals surface area contributed by atoms with Crippen molar-refractivity contribution in [2.45, 2.75) is 87.2 Å². The van der Waals surface area contributed by atoms with E-state index in [-0.39, 0.29) is 29.6 Å². The molecule has 1 spiro atoms. The summed E-state index contributed by atoms with van der Waals surface area (Å²) in [6, 6.07) is -0.568. The SMILES string of the molecule is C=CCCCCOC(=O)[C@@H]1[C@H]2C(=O)N(CCCCCO)C(C(=O)N(CC=C)CCCC)C23CC[C@H]1S3. The number of aliphatic hydroxyl groups is 1. The third kappa shape index (κ3) is 5.85. The molecular formula is C28H44N2O5S. The van der Waals surface area contributed by atoms with Gasteiger partial charge in [-0.2, -0.15) is 0 Å². The highest BCUT2D eigenvalue weighted by atomic mass is 32.2. The summed E-state index contributed by atoms with van der Waals surface area (Å²) >= 11 is 1.69. The lowest BCUT2D eigenvalue weighted by Crippen LogP contribution is -2.55. The second kappa shape index (κ2) is 13.7. The number of carbonyl (C=O) groups excluding carboxylic acids is 3. The number of unbranched alkanes of at least 4 members (excludes halogenated alkanes) is 5. The molecule has 2 unspecified atom stereocenters. The Morgan fingerprint density at radius 3 is 2.69 bits per heavy atom. The second-order valence-corrected chi connectivity index (χ2v) is 11.9. The maximum Gasteiger partial charge on any atom is 0.310 e. The number of rotatable bonds is 17. The number of aliphatic hydroxyl groups excluding tert-OH is 1. The Labute approximate surface area is 220 Å². The summed E-state index contributed by atoms with van der Waals surface area (Å²) < 4.78 is 5.09. The first-order chi connectivity index (χ1) is 17.5. The molecule has 0 radical (unpaired) electrons. The molecule has 3 fully saturated rings. The van der Waals surface area contributed by atoms with Crippen LogP contribution in [-0.2, 0) is 19.1 Å². The standard InChI is InChI=1S/C28H44N2O5S/c1-4-7-9-13-20-35-27(34)22-21-14-15-28(36-21)23(22)25(32)30(18-11-10-12-19-31)24(28)26(33)29(16-6-3)17-8-5-2/h4,6,21-24,31H,1,3,5,7-20H2,2H3/t21-,22+,23+,24?,28?/m1/s1. The highest BCUT2D eigenvalue weighted by Gasteiger charge is 2.74. The molecule has 2 amide bonds. The molecule has 202 valence electrons. The van der Waals surface area contributed by atoms with E-state index < -0.39 is 22.6 Å². The zero-order chi connectivity index (χ0) is 26.1. The second-order valence-electron chi connectivity index (χ2n) is 10.3. The van der Waals surface area contributed by atoms with Gasteiger partial charge in [0.25, 0.3) is 0 Å². The maximum absolute atomic E-state index is 14.1. The summed E-state index contributed by atoms with van der Waals surface area (Å²) in [4.78, 5) is 44.9. The summed E-state index contributed by atoms with van der Waals surface area (Å²) in [5.74, 6) is -1.38. The van der Waals surface area contributed by atoms with Gasteiger partial charge in [-0.3, -0.25) is 14.4 Å². The molecule has 0 aromatic rings. The van der Waals surface area contributed by atoms with Gasteiger partial charge in [0.15, 0.2) is 0 Å². The van der Waals surface area contributed by atoms with Crippen LogP contribution in [0.3, 0.4) is 0 Å². The smallest absolute Gasteiger partial charge is 0.310 e. The van der Waals surface area contributed by atoms with E-state index in [9.17, 15) is 19.5 Å². The molecule has 36 heavy (non-hydrogen) atoms. The van der Waals surface area contributed by atoms with E-state index in [0.29, 0.717) is 32.7 Å². The van der Waals surface area contributed by atoms with Crippen molar-refractivity contribution in [2.75, 3.05) is 32.8 Å². The molecule has 3 saturated heterocycles. The number of thioether (sulfide) groups is 1. The summed E-state index contributed by atoms with van der Waals surface area (Å²) in [6.07, 6.45) is 11.8. The van der Waals surface area contributed by atoms with Gasteiger partial charge in [-0.1, -0.05) is 25.5 Å². The molecule has 3 rings (SSSR count). The molecule has 2 bridgehead atoms. The summed E-state index contributed by atoms with van der Waals surface area (Å²) in [7, 11) is 0. The molecule has 3 aliphatic rings. The number of carbonyl (C=O) groups is 3. The number of hydrogen-bond acceptors (Lipinski definition) is 6. The van der Waals surface area contributed by atoms with Crippen molar-refractivity contribution in [1.29, 1.82) is 0 Å². The number of ether oxygens (including phenoxy) is 1. The molecule has 0 saturated carbocycles. The topological polar surface area (TPSA) is 87.1 Å². The predicted molar refractivity (Wildman–Crippen MR) is 143 cm³/mol. The number of nitrogens with zero attached hydrogens (tertiary/aromatic N) is 2. The number of hydrogen-bond donors (Lipinski definition) is 1. The van der Waals surface area contributed by atoms with Crippen molar-refractivity contribution in [2.24, 2.45) is 11.8 Å². The van der Waals surface area contributed by atoms with Crippen LogP contribution in [0, 0.1) is 11.8 Å². The Bertz CT molecular complexity index is 805. The van der Waals surface area contributed by atoms with Gasteiger partial charge >= 0.3 is 5.97 Å². The van der Waals surface area contributed by atoms with Crippen LogP contribution in [0.2, 0.25) is 0 Å². The summed E-state index contributed by atoms with van der Waals surface area (Å²) in [5.41, 5.74) is 0. The van der Waals surface area contributed by atoms with Crippen molar-refractivity contribution in [3.05, 3.63) is 25.3 Å². The Hall–Kier alpha value is -1.80. The van der Waals surface area contributed by atoms with E-state index in [1.54, 1.807) is 22.7 Å². The number of fused-ring (bicyclic) bond motifs is 1. The van der Waals surface area contributed by atoms with Gasteiger partial charge < -0.3 is 19.6 Å². The average Bonchev–Trinajstić information content (AvgIpc) is 3.51. The first-order valence-electron chi connectivity index (χ1n) is 13.7. The van der Waals surface area contributed by atoms with Gasteiger partial charge in [0, 0.05) is 31.5 Å². The maximum atomic E-state index is 14.1. The lowest BCUT2D eigenvalue weighted by atomic mass is 9.71. The van der Waals surface area contributed by atoms with E-state index in [1.165, 1.54) is 0 Å². The monoisotopic (exact) mass is 520 g/mol. The van der Waals surface area contributed by atoms with Gasteiger partial charge in [0.05, 0.1) is 23.2 Å². The molecule has 7 nitrogen and oxygen atoms in total. The Kier molecular flexibility index (Phi) is 10.9. The molecule has 0 aromatic heterocycles. The van der Waals surface area contributed by atoms with Gasteiger partial charge in [0.2, 0.25) is 11.8 Å². The fourth-order valence-corrected chi connectivity index (χ4v) is 8.34. The van der Waals surface area contributed by atoms with Crippen molar-refractivity contribution in [3.63, 3.8) is 0 Å². The lowest BCUT2D eigenvalue weighted by Gasteiger charge is -2.37.